The third-order valence-corrected chi connectivity index (χ3v) is 2.61. The van der Waals surface area contributed by atoms with Gasteiger partial charge in [-0.05, 0) is 18.6 Å². The van der Waals surface area contributed by atoms with Crippen LogP contribution in [-0.2, 0) is 9.47 Å². The maximum absolute atomic E-state index is 10.3. The molecule has 1 heterocycles. The van der Waals surface area contributed by atoms with Crippen LogP contribution in [0.3, 0.4) is 0 Å². The number of carboxylic acids is 1. The van der Waals surface area contributed by atoms with E-state index in [-0.39, 0.29) is 17.5 Å². The third-order valence-electron chi connectivity index (χ3n) is 2.61. The van der Waals surface area contributed by atoms with Gasteiger partial charge in [-0.3, -0.25) is 10.1 Å². The fourth-order valence-electron chi connectivity index (χ4n) is 1.49. The Balaban J connectivity index is 0.000000219. The molecule has 0 aliphatic carbocycles. The van der Waals surface area contributed by atoms with Gasteiger partial charge in [0, 0.05) is 12.1 Å². The van der Waals surface area contributed by atoms with Crippen LogP contribution in [0.4, 0.5) is 5.69 Å². The number of aliphatic hydroxyl groups is 1. The van der Waals surface area contributed by atoms with Gasteiger partial charge in [0.25, 0.3) is 5.69 Å². The van der Waals surface area contributed by atoms with Crippen LogP contribution in [0.2, 0.25) is 0 Å². The molecular weight excluding hydrogens is 282 g/mol. The van der Waals surface area contributed by atoms with Crippen LogP contribution in [-0.4, -0.2) is 46.7 Å². The molecule has 1 aromatic carbocycles. The molecule has 2 N–H and O–H groups in total. The largest absolute Gasteiger partial charge is 0.478 e. The smallest absolute Gasteiger partial charge is 0.335 e. The van der Waals surface area contributed by atoms with E-state index in [4.69, 9.17) is 19.7 Å². The van der Waals surface area contributed by atoms with Crippen molar-refractivity contribution in [2.75, 3.05) is 13.2 Å². The molecule has 0 bridgehead atoms. The second-order valence-corrected chi connectivity index (χ2v) is 4.27. The Morgan fingerprint density at radius 2 is 1.86 bits per heavy atom. The van der Waals surface area contributed by atoms with Gasteiger partial charge in [-0.1, -0.05) is 6.92 Å². The SMILES string of the molecule is CCC1OCC(O)CO1.O=C(O)c1ccc([N+](=O)[O-])cc1. The predicted molar refractivity (Wildman–Crippen MR) is 72.0 cm³/mol. The van der Waals surface area contributed by atoms with Gasteiger partial charge in [0.1, 0.15) is 6.10 Å². The number of carbonyl (C=O) groups is 1. The molecule has 8 heteroatoms. The number of aliphatic hydroxyl groups excluding tert-OH is 1. The summed E-state index contributed by atoms with van der Waals surface area (Å²) >= 11 is 0. The first-order chi connectivity index (χ1) is 9.93. The summed E-state index contributed by atoms with van der Waals surface area (Å²) < 4.78 is 10.1. The van der Waals surface area contributed by atoms with E-state index in [0.717, 1.165) is 18.6 Å². The zero-order valence-electron chi connectivity index (χ0n) is 11.5. The highest BCUT2D eigenvalue weighted by molar-refractivity contribution is 5.87. The maximum Gasteiger partial charge on any atom is 0.335 e. The van der Waals surface area contributed by atoms with E-state index in [1.165, 1.54) is 12.1 Å². The number of hydrogen-bond acceptors (Lipinski definition) is 6. The lowest BCUT2D eigenvalue weighted by molar-refractivity contribution is -0.384. The summed E-state index contributed by atoms with van der Waals surface area (Å²) in [6, 6.07) is 4.70. The summed E-state index contributed by atoms with van der Waals surface area (Å²) in [6.07, 6.45) is 0.341. The van der Waals surface area contributed by atoms with Crippen LogP contribution >= 0.6 is 0 Å². The Labute approximate surface area is 121 Å². The number of nitrogens with zero attached hydrogens (tertiary/aromatic N) is 1. The standard InChI is InChI=1S/C7H5NO4.C6H12O3/c9-7(10)5-1-3-6(4-2-5)8(11)12;1-2-6-8-3-5(7)4-9-6/h1-4H,(H,9,10);5-7H,2-4H2,1H3. The van der Waals surface area contributed by atoms with Crippen molar-refractivity contribution >= 4 is 11.7 Å². The van der Waals surface area contributed by atoms with Crippen LogP contribution in [0.5, 0.6) is 0 Å². The summed E-state index contributed by atoms with van der Waals surface area (Å²) in [6.45, 7) is 2.82. The minimum absolute atomic E-state index is 0.0422. The first-order valence-electron chi connectivity index (χ1n) is 6.33. The fourth-order valence-corrected chi connectivity index (χ4v) is 1.49. The van der Waals surface area contributed by atoms with Crippen molar-refractivity contribution in [2.24, 2.45) is 0 Å². The van der Waals surface area contributed by atoms with Gasteiger partial charge in [-0.2, -0.15) is 0 Å². The van der Waals surface area contributed by atoms with Gasteiger partial charge >= 0.3 is 5.97 Å². The van der Waals surface area contributed by atoms with Gasteiger partial charge in [-0.15, -0.1) is 0 Å². The lowest BCUT2D eigenvalue weighted by Crippen LogP contribution is -2.34. The first-order valence-corrected chi connectivity index (χ1v) is 6.33. The number of non-ortho nitro benzene ring substituents is 1. The van der Waals surface area contributed by atoms with Crippen LogP contribution in [0.15, 0.2) is 24.3 Å². The van der Waals surface area contributed by atoms with Crippen molar-refractivity contribution in [2.45, 2.75) is 25.7 Å². The first kappa shape index (κ1) is 17.0. The molecule has 0 aromatic heterocycles. The van der Waals surface area contributed by atoms with Gasteiger partial charge in [-0.25, -0.2) is 4.79 Å². The Morgan fingerprint density at radius 3 is 2.24 bits per heavy atom. The lowest BCUT2D eigenvalue weighted by atomic mass is 10.2. The van der Waals surface area contributed by atoms with E-state index in [2.05, 4.69) is 0 Å². The van der Waals surface area contributed by atoms with Gasteiger partial charge in [0.05, 0.1) is 23.7 Å². The van der Waals surface area contributed by atoms with Crippen molar-refractivity contribution in [1.29, 1.82) is 0 Å². The predicted octanol–water partition coefficient (Wildman–Crippen LogP) is 1.42. The molecule has 0 amide bonds. The van der Waals surface area contributed by atoms with Crippen molar-refractivity contribution < 1.29 is 29.4 Å². The van der Waals surface area contributed by atoms with Crippen molar-refractivity contribution in [3.8, 4) is 0 Å². The number of ether oxygens (including phenoxy) is 2. The van der Waals surface area contributed by atoms with E-state index in [1.807, 2.05) is 6.92 Å². The number of nitro groups is 1. The molecule has 8 nitrogen and oxygen atoms in total. The number of aromatic carboxylic acids is 1. The van der Waals surface area contributed by atoms with E-state index in [0.29, 0.717) is 13.2 Å². The average molecular weight is 299 g/mol. The van der Waals surface area contributed by atoms with E-state index < -0.39 is 17.0 Å². The number of benzene rings is 1. The lowest BCUT2D eigenvalue weighted by Gasteiger charge is -2.25. The molecule has 1 aliphatic rings. The summed E-state index contributed by atoms with van der Waals surface area (Å²) in [5.41, 5.74) is -0.0689. The topological polar surface area (TPSA) is 119 Å². The number of nitro benzene ring substituents is 1. The maximum atomic E-state index is 10.3. The Kier molecular flexibility index (Phi) is 6.73. The van der Waals surface area contributed by atoms with Gasteiger partial charge in [0.2, 0.25) is 0 Å². The van der Waals surface area contributed by atoms with Crippen LogP contribution in [0.1, 0.15) is 23.7 Å². The zero-order valence-corrected chi connectivity index (χ0v) is 11.5. The highest BCUT2D eigenvalue weighted by atomic mass is 16.7. The van der Waals surface area contributed by atoms with Gasteiger partial charge in [0.15, 0.2) is 6.29 Å². The second-order valence-electron chi connectivity index (χ2n) is 4.27. The Bertz CT molecular complexity index is 433. The molecule has 0 spiro atoms. The van der Waals surface area contributed by atoms with E-state index >= 15 is 0 Å². The van der Waals surface area contributed by atoms with Crippen molar-refractivity contribution in [3.05, 3.63) is 39.9 Å². The number of carboxylic acid groups (broad SMARTS) is 1. The highest BCUT2D eigenvalue weighted by Gasteiger charge is 2.17. The minimum atomic E-state index is -1.09. The molecule has 0 saturated carbocycles. The summed E-state index contributed by atoms with van der Waals surface area (Å²) in [5.74, 6) is -1.09. The molecule has 1 aliphatic heterocycles. The highest BCUT2D eigenvalue weighted by Crippen LogP contribution is 2.11. The molecule has 1 saturated heterocycles. The van der Waals surface area contributed by atoms with Crippen LogP contribution < -0.4 is 0 Å². The van der Waals surface area contributed by atoms with Crippen LogP contribution in [0, 0.1) is 10.1 Å². The van der Waals surface area contributed by atoms with Crippen LogP contribution in [0.25, 0.3) is 0 Å². The Morgan fingerprint density at radius 1 is 1.33 bits per heavy atom. The number of rotatable bonds is 3. The second kappa shape index (κ2) is 8.30. The third kappa shape index (κ3) is 5.86. The molecule has 21 heavy (non-hydrogen) atoms. The monoisotopic (exact) mass is 299 g/mol. The normalized spacial score (nSPS) is 21.0. The Hall–Kier alpha value is -2.03. The summed E-state index contributed by atoms with van der Waals surface area (Å²) in [5, 5.41) is 27.5. The number of hydrogen-bond donors (Lipinski definition) is 2. The molecule has 1 aromatic rings. The van der Waals surface area contributed by atoms with E-state index in [1.54, 1.807) is 0 Å². The van der Waals surface area contributed by atoms with Gasteiger partial charge < -0.3 is 19.7 Å². The van der Waals surface area contributed by atoms with E-state index in [9.17, 15) is 14.9 Å². The molecule has 2 rings (SSSR count). The molecule has 1 fully saturated rings. The molecule has 116 valence electrons. The minimum Gasteiger partial charge on any atom is -0.478 e. The quantitative estimate of drug-likeness (QED) is 0.639. The molecule has 0 unspecified atom stereocenters. The average Bonchev–Trinajstić information content (AvgIpc) is 2.49. The fraction of sp³-hybridized carbons (Fsp3) is 0.462. The van der Waals surface area contributed by atoms with Crippen molar-refractivity contribution in [1.82, 2.24) is 0 Å². The molecular formula is C13H17NO7. The zero-order chi connectivity index (χ0) is 15.8. The molecule has 0 atom stereocenters. The van der Waals surface area contributed by atoms with Crippen molar-refractivity contribution in [3.63, 3.8) is 0 Å². The molecule has 0 radical (unpaired) electrons. The summed E-state index contributed by atoms with van der Waals surface area (Å²) in [4.78, 5) is 19.9. The summed E-state index contributed by atoms with van der Waals surface area (Å²) in [7, 11) is 0.